The zero-order chi connectivity index (χ0) is 13.1. The van der Waals surface area contributed by atoms with Gasteiger partial charge in [0, 0.05) is 12.3 Å². The number of aromatic amines is 1. The Balaban J connectivity index is 2.19. The molecule has 2 rings (SSSR count). The van der Waals surface area contributed by atoms with Gasteiger partial charge in [0.1, 0.15) is 18.5 Å². The van der Waals surface area contributed by atoms with E-state index >= 15 is 0 Å². The van der Waals surface area contributed by atoms with Crippen molar-refractivity contribution in [2.45, 2.75) is 12.3 Å². The van der Waals surface area contributed by atoms with Gasteiger partial charge in [-0.1, -0.05) is 0 Å². The minimum Gasteiger partial charge on any atom is -0.469 e. The van der Waals surface area contributed by atoms with E-state index in [1.165, 1.54) is 12.3 Å². The molecular weight excluding hydrogens is 263 g/mol. The Kier molecular flexibility index (Phi) is 3.71. The first-order chi connectivity index (χ1) is 8.61. The molecule has 0 saturated heterocycles. The van der Waals surface area contributed by atoms with Crippen LogP contribution in [0.2, 0.25) is 0 Å². The van der Waals surface area contributed by atoms with Crippen LogP contribution in [0.4, 0.5) is 0 Å². The molecule has 1 aromatic rings. The van der Waals surface area contributed by atoms with E-state index in [-0.39, 0.29) is 12.4 Å². The lowest BCUT2D eigenvalue weighted by Gasteiger charge is -2.17. The summed E-state index contributed by atoms with van der Waals surface area (Å²) >= 11 is 0. The highest BCUT2D eigenvalue weighted by Crippen LogP contribution is 2.25. The summed E-state index contributed by atoms with van der Waals surface area (Å²) in [5.74, 6) is 0.258. The minimum atomic E-state index is -1.06. The average Bonchev–Trinajstić information content (AvgIpc) is 2.68. The largest absolute Gasteiger partial charge is 0.469 e. The first-order valence-corrected chi connectivity index (χ1v) is 5.66. The van der Waals surface area contributed by atoms with Gasteiger partial charge in [-0.15, -0.1) is 0 Å². The van der Waals surface area contributed by atoms with Crippen LogP contribution in [0.25, 0.3) is 0 Å². The molecular formula is C9H9N2O6P. The van der Waals surface area contributed by atoms with Gasteiger partial charge >= 0.3 is 14.4 Å². The van der Waals surface area contributed by atoms with Crippen LogP contribution in [0.1, 0.15) is 6.23 Å². The lowest BCUT2D eigenvalue weighted by Crippen LogP contribution is -2.35. The number of nitrogens with zero attached hydrogens (tertiary/aromatic N) is 1. The Hall–Kier alpha value is -1.76. The molecule has 2 N–H and O–H groups in total. The van der Waals surface area contributed by atoms with Gasteiger partial charge in [0.05, 0.1) is 0 Å². The second-order valence-electron chi connectivity index (χ2n) is 3.50. The van der Waals surface area contributed by atoms with Gasteiger partial charge in [-0.3, -0.25) is 18.9 Å². The Morgan fingerprint density at radius 1 is 1.56 bits per heavy atom. The summed E-state index contributed by atoms with van der Waals surface area (Å²) in [4.78, 5) is 24.5. The lowest BCUT2D eigenvalue weighted by molar-refractivity contribution is -0.00865. The van der Waals surface area contributed by atoms with Crippen LogP contribution in [0.3, 0.4) is 0 Å². The molecule has 2 heterocycles. The first kappa shape index (κ1) is 12.7. The molecule has 0 radical (unpaired) electrons. The van der Waals surface area contributed by atoms with E-state index in [0.29, 0.717) is 0 Å². The van der Waals surface area contributed by atoms with Gasteiger partial charge in [-0.25, -0.2) is 9.36 Å². The van der Waals surface area contributed by atoms with Crippen molar-refractivity contribution in [2.75, 3.05) is 6.61 Å². The first-order valence-electron chi connectivity index (χ1n) is 4.93. The van der Waals surface area contributed by atoms with E-state index in [9.17, 15) is 19.3 Å². The van der Waals surface area contributed by atoms with Gasteiger partial charge in [0.15, 0.2) is 0 Å². The fourth-order valence-corrected chi connectivity index (χ4v) is 1.74. The van der Waals surface area contributed by atoms with Crippen LogP contribution < -0.4 is 11.2 Å². The van der Waals surface area contributed by atoms with Crippen LogP contribution >= 0.6 is 8.69 Å². The summed E-state index contributed by atoms with van der Waals surface area (Å²) in [5.41, 5.74) is -1.23. The minimum absolute atomic E-state index is 0.0866. The van der Waals surface area contributed by atoms with Crippen molar-refractivity contribution in [3.8, 4) is 0 Å². The fraction of sp³-hybridized carbons (Fsp3) is 0.333. The summed E-state index contributed by atoms with van der Waals surface area (Å²) in [5, 5.41) is 9.72. The fourth-order valence-electron chi connectivity index (χ4n) is 1.56. The van der Waals surface area contributed by atoms with Crippen LogP contribution in [0, 0.1) is 0 Å². The maximum atomic E-state index is 11.5. The smallest absolute Gasteiger partial charge is 0.331 e. The van der Waals surface area contributed by atoms with Crippen molar-refractivity contribution in [1.29, 1.82) is 0 Å². The number of H-pyrrole nitrogens is 1. The summed E-state index contributed by atoms with van der Waals surface area (Å²) in [6, 6.07) is 1.14. The molecule has 8 nitrogen and oxygen atoms in total. The van der Waals surface area contributed by atoms with E-state index in [1.54, 1.807) is 0 Å². The highest BCUT2D eigenvalue weighted by atomic mass is 31.1. The second kappa shape index (κ2) is 5.26. The van der Waals surface area contributed by atoms with Crippen molar-refractivity contribution >= 4 is 8.69 Å². The van der Waals surface area contributed by atoms with Crippen molar-refractivity contribution in [2.24, 2.45) is 0 Å². The predicted octanol–water partition coefficient (Wildman–Crippen LogP) is -0.467. The molecule has 2 atom stereocenters. The maximum absolute atomic E-state index is 11.5. The van der Waals surface area contributed by atoms with Gasteiger partial charge in [0.25, 0.3) is 5.56 Å². The number of rotatable bonds is 4. The monoisotopic (exact) mass is 272 g/mol. The molecule has 0 spiro atoms. The molecule has 1 aliphatic rings. The molecule has 96 valence electrons. The zero-order valence-electron chi connectivity index (χ0n) is 8.98. The molecule has 0 fully saturated rings. The third kappa shape index (κ3) is 2.56. The van der Waals surface area contributed by atoms with Crippen molar-refractivity contribution in [1.82, 2.24) is 9.55 Å². The number of aliphatic hydroxyl groups is 1. The van der Waals surface area contributed by atoms with E-state index in [1.807, 2.05) is 4.98 Å². The molecule has 9 heteroatoms. The van der Waals surface area contributed by atoms with Crippen LogP contribution in [-0.4, -0.2) is 27.4 Å². The van der Waals surface area contributed by atoms with Gasteiger partial charge in [-0.2, -0.15) is 0 Å². The van der Waals surface area contributed by atoms with Crippen molar-refractivity contribution in [3.63, 3.8) is 0 Å². The molecule has 1 aromatic heterocycles. The number of aromatic nitrogens is 2. The Bertz CT molecular complexity index is 591. The summed E-state index contributed by atoms with van der Waals surface area (Å²) < 4.78 is 21.0. The standard InChI is InChI=1S/C9H9N2O6P/c12-6-3-5(4-16-18-15)17-8(6)11-2-1-7(13)10-9(11)14/h1-3,6,8,12H,4H2,(H,10,13,14). The van der Waals surface area contributed by atoms with Gasteiger partial charge < -0.3 is 9.84 Å². The van der Waals surface area contributed by atoms with E-state index in [2.05, 4.69) is 4.52 Å². The molecule has 0 aliphatic carbocycles. The van der Waals surface area contributed by atoms with Crippen LogP contribution in [0.5, 0.6) is 0 Å². The number of hydrogen-bond donors (Lipinski definition) is 2. The van der Waals surface area contributed by atoms with Crippen LogP contribution in [0.15, 0.2) is 33.7 Å². The molecule has 18 heavy (non-hydrogen) atoms. The predicted molar refractivity (Wildman–Crippen MR) is 59.1 cm³/mol. The highest BCUT2D eigenvalue weighted by Gasteiger charge is 2.29. The maximum Gasteiger partial charge on any atom is 0.331 e. The van der Waals surface area contributed by atoms with Crippen molar-refractivity contribution < 1.29 is 18.9 Å². The molecule has 0 bridgehead atoms. The average molecular weight is 272 g/mol. The van der Waals surface area contributed by atoms with Crippen LogP contribution in [-0.2, 0) is 13.8 Å². The van der Waals surface area contributed by atoms with E-state index < -0.39 is 32.3 Å². The molecule has 2 unspecified atom stereocenters. The summed E-state index contributed by atoms with van der Waals surface area (Å²) in [7, 11) is -0.507. The third-order valence-corrected chi connectivity index (χ3v) is 2.54. The molecule has 0 amide bonds. The zero-order valence-corrected chi connectivity index (χ0v) is 9.87. The quantitative estimate of drug-likeness (QED) is 0.717. The van der Waals surface area contributed by atoms with E-state index in [0.717, 1.165) is 10.6 Å². The number of ether oxygens (including phenoxy) is 1. The molecule has 0 saturated carbocycles. The second-order valence-corrected chi connectivity index (χ2v) is 3.90. The Labute approximate surface area is 102 Å². The van der Waals surface area contributed by atoms with E-state index in [4.69, 9.17) is 4.74 Å². The Morgan fingerprint density at radius 3 is 3.00 bits per heavy atom. The Morgan fingerprint density at radius 2 is 2.33 bits per heavy atom. The highest BCUT2D eigenvalue weighted by molar-refractivity contribution is 7.17. The normalized spacial score (nSPS) is 22.8. The number of nitrogens with one attached hydrogen (secondary N) is 1. The molecule has 1 aliphatic heterocycles. The number of hydrogen-bond acceptors (Lipinski definition) is 6. The van der Waals surface area contributed by atoms with Crippen molar-refractivity contribution in [3.05, 3.63) is 44.9 Å². The SMILES string of the molecule is O=POCC1=CC(O)C(n2ccc(=O)[nH]c2=O)O1. The van der Waals surface area contributed by atoms with Gasteiger partial charge in [-0.05, 0) is 6.08 Å². The lowest BCUT2D eigenvalue weighted by atomic mass is 10.3. The van der Waals surface area contributed by atoms with Gasteiger partial charge in [0.2, 0.25) is 6.23 Å². The summed E-state index contributed by atoms with van der Waals surface area (Å²) in [6.07, 6.45) is 0.526. The summed E-state index contributed by atoms with van der Waals surface area (Å²) in [6.45, 7) is -0.0866. The topological polar surface area (TPSA) is 111 Å². The third-order valence-electron chi connectivity index (χ3n) is 2.31. The molecule has 0 aromatic carbocycles. The number of aliphatic hydroxyl groups excluding tert-OH is 1.